The zero-order valence-corrected chi connectivity index (χ0v) is 17.8. The number of nitrogens with zero attached hydrogens (tertiary/aromatic N) is 2. The van der Waals surface area contributed by atoms with Gasteiger partial charge in [0.05, 0.1) is 5.56 Å². The van der Waals surface area contributed by atoms with Crippen LogP contribution in [0.5, 0.6) is 0 Å². The molecule has 5 rings (SSSR count). The summed E-state index contributed by atoms with van der Waals surface area (Å²) < 4.78 is 31.7. The number of halogens is 4. The largest absolute Gasteiger partial charge is 0.490 e. The second-order valence-corrected chi connectivity index (χ2v) is 7.76. The van der Waals surface area contributed by atoms with E-state index in [0.717, 1.165) is 11.1 Å². The molecule has 1 atom stereocenters. The minimum atomic E-state index is -5.08. The van der Waals surface area contributed by atoms with Gasteiger partial charge in [-0.05, 0) is 35.4 Å². The van der Waals surface area contributed by atoms with Crippen LogP contribution in [0.25, 0.3) is 17.2 Å². The van der Waals surface area contributed by atoms with E-state index in [2.05, 4.69) is 4.98 Å². The summed E-state index contributed by atoms with van der Waals surface area (Å²) in [6, 6.07) is 13.8. The lowest BCUT2D eigenvalue weighted by Gasteiger charge is -2.37. The average molecular weight is 487 g/mol. The highest BCUT2D eigenvalue weighted by Crippen LogP contribution is 2.39. The van der Waals surface area contributed by atoms with Crippen molar-refractivity contribution in [3.63, 3.8) is 0 Å². The van der Waals surface area contributed by atoms with Gasteiger partial charge in [-0.15, -0.1) is 0 Å². The highest BCUT2D eigenvalue weighted by molar-refractivity contribution is 6.31. The van der Waals surface area contributed by atoms with Gasteiger partial charge in [-0.2, -0.15) is 13.2 Å². The van der Waals surface area contributed by atoms with Crippen LogP contribution < -0.4 is 4.90 Å². The Kier molecular flexibility index (Phi) is 5.97. The molecule has 2 bridgehead atoms. The zero-order valence-electron chi connectivity index (χ0n) is 17.1. The zero-order chi connectivity index (χ0) is 24.6. The van der Waals surface area contributed by atoms with Crippen molar-refractivity contribution in [2.45, 2.75) is 12.2 Å². The Morgan fingerprint density at radius 1 is 1.06 bits per heavy atom. The predicted molar refractivity (Wildman–Crippen MR) is 119 cm³/mol. The number of alkyl halides is 3. The molecule has 1 unspecified atom stereocenters. The molecule has 2 aliphatic rings. The van der Waals surface area contributed by atoms with E-state index in [4.69, 9.17) is 21.5 Å². The maximum Gasteiger partial charge on any atom is 0.490 e. The average Bonchev–Trinajstić information content (AvgIpc) is 2.80. The number of aliphatic carboxylic acids is 1. The first-order valence-electron chi connectivity index (χ1n) is 9.78. The summed E-state index contributed by atoms with van der Waals surface area (Å²) in [4.78, 5) is 41.3. The summed E-state index contributed by atoms with van der Waals surface area (Å²) in [5.41, 5.74) is 3.80. The molecule has 6 nitrogen and oxygen atoms in total. The fraction of sp³-hybridized carbons (Fsp3) is 0.0833. The minimum absolute atomic E-state index is 0.0761. The predicted octanol–water partition coefficient (Wildman–Crippen LogP) is 5.27. The minimum Gasteiger partial charge on any atom is -0.475 e. The first kappa shape index (κ1) is 23.2. The highest BCUT2D eigenvalue weighted by Gasteiger charge is 2.43. The molecule has 3 aromatic rings. The quantitative estimate of drug-likeness (QED) is 0.533. The number of anilines is 1. The van der Waals surface area contributed by atoms with Crippen LogP contribution >= 0.6 is 11.6 Å². The molecule has 1 aliphatic carbocycles. The van der Waals surface area contributed by atoms with Gasteiger partial charge < -0.3 is 5.11 Å². The number of aromatic nitrogens is 1. The normalized spacial score (nSPS) is 16.1. The van der Waals surface area contributed by atoms with Crippen LogP contribution in [0, 0.1) is 0 Å². The molecule has 1 aliphatic heterocycles. The van der Waals surface area contributed by atoms with E-state index in [9.17, 15) is 22.8 Å². The molecule has 1 aromatic heterocycles. The van der Waals surface area contributed by atoms with E-state index in [1.54, 1.807) is 42.7 Å². The first-order valence-corrected chi connectivity index (χ1v) is 10.2. The van der Waals surface area contributed by atoms with Crippen molar-refractivity contribution >= 4 is 41.0 Å². The SMILES string of the molecule is O=C(O)C(F)(F)F.O=C1c2c3ccc(-c4cccnc4)c2C(=O)N(c2cccc(Cl)c2)C1C=C3. The maximum atomic E-state index is 13.5. The Morgan fingerprint density at radius 3 is 2.41 bits per heavy atom. The number of carboxylic acids is 1. The number of pyridine rings is 1. The van der Waals surface area contributed by atoms with E-state index in [0.29, 0.717) is 27.4 Å². The number of carboxylic acid groups (broad SMARTS) is 1. The van der Waals surface area contributed by atoms with Crippen molar-refractivity contribution in [3.05, 3.63) is 88.7 Å². The Labute approximate surface area is 195 Å². The molecule has 34 heavy (non-hydrogen) atoms. The van der Waals surface area contributed by atoms with Gasteiger partial charge in [0.15, 0.2) is 5.78 Å². The second kappa shape index (κ2) is 8.75. The molecule has 0 fully saturated rings. The van der Waals surface area contributed by atoms with E-state index >= 15 is 0 Å². The van der Waals surface area contributed by atoms with Crippen LogP contribution in [-0.2, 0) is 4.79 Å². The van der Waals surface area contributed by atoms with E-state index in [-0.39, 0.29) is 11.7 Å². The van der Waals surface area contributed by atoms with Crippen molar-refractivity contribution in [3.8, 4) is 11.1 Å². The lowest BCUT2D eigenvalue weighted by atomic mass is 9.80. The number of carbonyl (C=O) groups is 3. The van der Waals surface area contributed by atoms with E-state index in [1.807, 2.05) is 30.3 Å². The van der Waals surface area contributed by atoms with Gasteiger partial charge in [0.25, 0.3) is 5.91 Å². The molecule has 2 aromatic carbocycles. The molecular formula is C24H14ClF3N2O4. The summed E-state index contributed by atoms with van der Waals surface area (Å²) in [5.74, 6) is -3.04. The molecule has 10 heteroatoms. The van der Waals surface area contributed by atoms with Crippen molar-refractivity contribution in [2.75, 3.05) is 4.90 Å². The first-order chi connectivity index (χ1) is 16.1. The Balaban J connectivity index is 0.000000344. The van der Waals surface area contributed by atoms with Gasteiger partial charge in [0.1, 0.15) is 6.04 Å². The fourth-order valence-corrected chi connectivity index (χ4v) is 3.98. The molecule has 172 valence electrons. The topological polar surface area (TPSA) is 87.6 Å². The monoisotopic (exact) mass is 486 g/mol. The molecule has 0 radical (unpaired) electrons. The number of hydrogen-bond acceptors (Lipinski definition) is 4. The third kappa shape index (κ3) is 4.17. The number of ketones is 1. The summed E-state index contributed by atoms with van der Waals surface area (Å²) >= 11 is 6.13. The van der Waals surface area contributed by atoms with Crippen molar-refractivity contribution < 1.29 is 32.7 Å². The number of amides is 1. The van der Waals surface area contributed by atoms with E-state index in [1.165, 1.54) is 4.90 Å². The molecule has 0 saturated carbocycles. The van der Waals surface area contributed by atoms with Gasteiger partial charge in [-0.1, -0.05) is 48.0 Å². The molecule has 0 spiro atoms. The second-order valence-electron chi connectivity index (χ2n) is 7.32. The van der Waals surface area contributed by atoms with Gasteiger partial charge in [-0.25, -0.2) is 4.79 Å². The van der Waals surface area contributed by atoms with Crippen LogP contribution in [-0.4, -0.2) is 40.0 Å². The number of fused-ring (bicyclic) bond motifs is 1. The highest BCUT2D eigenvalue weighted by atomic mass is 35.5. The van der Waals surface area contributed by atoms with Crippen molar-refractivity contribution in [2.24, 2.45) is 0 Å². The number of hydrogen-bond donors (Lipinski definition) is 1. The number of rotatable bonds is 2. The fourth-order valence-electron chi connectivity index (χ4n) is 3.79. The summed E-state index contributed by atoms with van der Waals surface area (Å²) in [6.45, 7) is 0. The van der Waals surface area contributed by atoms with Crippen LogP contribution in [0.2, 0.25) is 5.02 Å². The lowest BCUT2D eigenvalue weighted by Crippen LogP contribution is -2.50. The Morgan fingerprint density at radius 2 is 1.79 bits per heavy atom. The van der Waals surface area contributed by atoms with Crippen molar-refractivity contribution in [1.82, 2.24) is 4.98 Å². The number of Topliss-reactive ketones (excluding diaryl/α,β-unsaturated/α-hetero) is 1. The van der Waals surface area contributed by atoms with Crippen LogP contribution in [0.3, 0.4) is 0 Å². The van der Waals surface area contributed by atoms with Gasteiger partial charge in [0, 0.05) is 34.2 Å². The number of benzene rings is 2. The van der Waals surface area contributed by atoms with Gasteiger partial charge >= 0.3 is 12.1 Å². The maximum absolute atomic E-state index is 13.5. The molecule has 2 heterocycles. The number of carbonyl (C=O) groups excluding carboxylic acids is 2. The smallest absolute Gasteiger partial charge is 0.475 e. The summed E-state index contributed by atoms with van der Waals surface area (Å²) in [5, 5.41) is 7.64. The van der Waals surface area contributed by atoms with Crippen LogP contribution in [0.15, 0.2) is 67.0 Å². The van der Waals surface area contributed by atoms with Crippen LogP contribution in [0.1, 0.15) is 26.3 Å². The molecule has 1 amide bonds. The summed E-state index contributed by atoms with van der Waals surface area (Å²) in [6.07, 6.45) is 1.97. The summed E-state index contributed by atoms with van der Waals surface area (Å²) in [7, 11) is 0. The Hall–Kier alpha value is -3.98. The molecular weight excluding hydrogens is 473 g/mol. The molecule has 0 saturated heterocycles. The lowest BCUT2D eigenvalue weighted by molar-refractivity contribution is -0.192. The standard InChI is InChI=1S/C22H13ClN2O2.C2HF3O2/c23-15-4-1-5-16(11-15)25-18-9-7-13-6-8-17(14-3-2-10-24-12-14)20(22(25)27)19(13)21(18)26;3-2(4,5)1(6)7/h1-12,18H;(H,6,7). The van der Waals surface area contributed by atoms with Gasteiger partial charge in [-0.3, -0.25) is 19.5 Å². The Bertz CT molecular complexity index is 1340. The van der Waals surface area contributed by atoms with Crippen LogP contribution in [0.4, 0.5) is 18.9 Å². The van der Waals surface area contributed by atoms with E-state index < -0.39 is 18.2 Å². The third-order valence-corrected chi connectivity index (χ3v) is 5.46. The molecule has 1 N–H and O–H groups in total. The van der Waals surface area contributed by atoms with Gasteiger partial charge in [0.2, 0.25) is 0 Å². The van der Waals surface area contributed by atoms with Crippen molar-refractivity contribution in [1.29, 1.82) is 0 Å². The third-order valence-electron chi connectivity index (χ3n) is 5.22.